The quantitative estimate of drug-likeness (QED) is 0.402. The van der Waals surface area contributed by atoms with Crippen molar-refractivity contribution in [3.05, 3.63) is 106 Å². The maximum absolute atomic E-state index is 13.7. The van der Waals surface area contributed by atoms with Crippen LogP contribution in [0.5, 0.6) is 5.75 Å². The molecule has 0 aliphatic carbocycles. The largest absolute Gasteiger partial charge is 0.507 e. The molecule has 4 aromatic carbocycles. The van der Waals surface area contributed by atoms with E-state index in [1.807, 2.05) is 43.3 Å². The van der Waals surface area contributed by atoms with Crippen LogP contribution in [0.3, 0.4) is 0 Å². The highest BCUT2D eigenvalue weighted by molar-refractivity contribution is 6.12. The van der Waals surface area contributed by atoms with E-state index in [0.717, 1.165) is 10.9 Å². The fourth-order valence-corrected chi connectivity index (χ4v) is 4.25. The number of phenolic OH excluding ortho intramolecular Hbond substituents is 1. The zero-order chi connectivity index (χ0) is 22.4. The van der Waals surface area contributed by atoms with Crippen LogP contribution in [-0.4, -0.2) is 20.7 Å². The number of aromatic carboxylic acids is 1. The van der Waals surface area contributed by atoms with E-state index < -0.39 is 5.97 Å². The van der Waals surface area contributed by atoms with Crippen LogP contribution in [0.1, 0.15) is 15.9 Å². The first-order chi connectivity index (χ1) is 15.5. The summed E-state index contributed by atoms with van der Waals surface area (Å²) in [7, 11) is 0. The highest BCUT2D eigenvalue weighted by Crippen LogP contribution is 2.40. The summed E-state index contributed by atoms with van der Waals surface area (Å²) in [5.41, 5.74) is 1.61. The second-order valence-electron chi connectivity index (χ2n) is 7.73. The number of carboxylic acid groups (broad SMARTS) is 1. The lowest BCUT2D eigenvalue weighted by Gasteiger charge is -2.20. The van der Waals surface area contributed by atoms with Crippen LogP contribution in [0.2, 0.25) is 0 Å². The van der Waals surface area contributed by atoms with Crippen molar-refractivity contribution in [3.8, 4) is 22.7 Å². The van der Waals surface area contributed by atoms with Crippen molar-refractivity contribution in [1.29, 1.82) is 0 Å². The van der Waals surface area contributed by atoms with Crippen LogP contribution in [0, 0.1) is 6.92 Å². The molecule has 0 saturated carbocycles. The van der Waals surface area contributed by atoms with Gasteiger partial charge in [0, 0.05) is 22.0 Å². The van der Waals surface area contributed by atoms with Gasteiger partial charge in [-0.1, -0.05) is 66.2 Å². The Morgan fingerprint density at radius 1 is 0.781 bits per heavy atom. The zero-order valence-corrected chi connectivity index (χ0v) is 17.2. The predicted molar refractivity (Wildman–Crippen MR) is 126 cm³/mol. The monoisotopic (exact) mass is 421 g/mol. The Bertz CT molecular complexity index is 1580. The van der Waals surface area contributed by atoms with Crippen LogP contribution >= 0.6 is 0 Å². The summed E-state index contributed by atoms with van der Waals surface area (Å²) in [6, 6.07) is 24.7. The predicted octanol–water partition coefficient (Wildman–Crippen LogP) is 5.52. The molecule has 0 aliphatic heterocycles. The molecule has 0 radical (unpaired) electrons. The Hall–Kier alpha value is -4.38. The Morgan fingerprint density at radius 2 is 1.41 bits per heavy atom. The second kappa shape index (κ2) is 7.39. The van der Waals surface area contributed by atoms with Gasteiger partial charge in [0.05, 0.1) is 11.3 Å². The van der Waals surface area contributed by atoms with Crippen LogP contribution < -0.4 is 5.56 Å². The van der Waals surface area contributed by atoms with E-state index in [0.29, 0.717) is 27.4 Å². The third-order valence-corrected chi connectivity index (χ3v) is 5.74. The third-order valence-electron chi connectivity index (χ3n) is 5.74. The Morgan fingerprint density at radius 3 is 2.09 bits per heavy atom. The van der Waals surface area contributed by atoms with Gasteiger partial charge in [0.2, 0.25) is 0 Å². The van der Waals surface area contributed by atoms with Crippen molar-refractivity contribution in [1.82, 2.24) is 4.57 Å². The Balaban J connectivity index is 2.08. The van der Waals surface area contributed by atoms with Gasteiger partial charge in [0.25, 0.3) is 5.56 Å². The first-order valence-electron chi connectivity index (χ1n) is 10.2. The lowest BCUT2D eigenvalue weighted by atomic mass is 9.94. The SMILES string of the molecule is Cc1ccc(-n2c(-c3c(O)ccc4ccccc34)c(C(=O)O)c3ccccc3c2=O)cc1. The molecule has 0 spiro atoms. The summed E-state index contributed by atoms with van der Waals surface area (Å²) in [6.07, 6.45) is 0. The molecule has 5 rings (SSSR count). The van der Waals surface area contributed by atoms with E-state index in [9.17, 15) is 19.8 Å². The topological polar surface area (TPSA) is 79.5 Å². The molecule has 5 aromatic rings. The molecule has 0 aliphatic rings. The summed E-state index contributed by atoms with van der Waals surface area (Å²) < 4.78 is 1.40. The molecule has 1 heterocycles. The molecule has 5 nitrogen and oxygen atoms in total. The molecule has 156 valence electrons. The first kappa shape index (κ1) is 19.6. The molecule has 1 aromatic heterocycles. The number of aromatic hydroxyl groups is 1. The average molecular weight is 421 g/mol. The summed E-state index contributed by atoms with van der Waals surface area (Å²) in [5, 5.41) is 23.3. The normalized spacial score (nSPS) is 11.2. The fraction of sp³-hybridized carbons (Fsp3) is 0.0370. The number of aromatic nitrogens is 1. The second-order valence-corrected chi connectivity index (χ2v) is 7.73. The van der Waals surface area contributed by atoms with E-state index in [4.69, 9.17) is 0 Å². The van der Waals surface area contributed by atoms with Gasteiger partial charge in [-0.05, 0) is 42.0 Å². The number of pyridine rings is 1. The van der Waals surface area contributed by atoms with Crippen molar-refractivity contribution in [2.45, 2.75) is 6.92 Å². The van der Waals surface area contributed by atoms with Crippen LogP contribution in [-0.2, 0) is 0 Å². The number of carbonyl (C=O) groups is 1. The smallest absolute Gasteiger partial charge is 0.338 e. The zero-order valence-electron chi connectivity index (χ0n) is 17.2. The van der Waals surface area contributed by atoms with Gasteiger partial charge in [-0.15, -0.1) is 0 Å². The molecule has 0 atom stereocenters. The van der Waals surface area contributed by atoms with Crippen LogP contribution in [0.15, 0.2) is 89.7 Å². The lowest BCUT2D eigenvalue weighted by molar-refractivity contribution is 0.0699. The minimum Gasteiger partial charge on any atom is -0.507 e. The fourth-order valence-electron chi connectivity index (χ4n) is 4.25. The highest BCUT2D eigenvalue weighted by atomic mass is 16.4. The minimum absolute atomic E-state index is 0.0348. The Labute approximate surface area is 183 Å². The summed E-state index contributed by atoms with van der Waals surface area (Å²) in [5.74, 6) is -1.27. The van der Waals surface area contributed by atoms with Gasteiger partial charge in [-0.2, -0.15) is 0 Å². The summed E-state index contributed by atoms with van der Waals surface area (Å²) in [4.78, 5) is 26.3. The van der Waals surface area contributed by atoms with E-state index in [1.165, 1.54) is 10.6 Å². The number of aryl methyl sites for hydroxylation is 1. The third kappa shape index (κ3) is 2.94. The summed E-state index contributed by atoms with van der Waals surface area (Å²) >= 11 is 0. The highest BCUT2D eigenvalue weighted by Gasteiger charge is 2.26. The number of hydrogen-bond acceptors (Lipinski definition) is 3. The van der Waals surface area contributed by atoms with Crippen molar-refractivity contribution >= 4 is 27.5 Å². The van der Waals surface area contributed by atoms with Crippen LogP contribution in [0.25, 0.3) is 38.5 Å². The van der Waals surface area contributed by atoms with Gasteiger partial charge in [-0.25, -0.2) is 4.79 Å². The van der Waals surface area contributed by atoms with Crippen molar-refractivity contribution in [3.63, 3.8) is 0 Å². The number of hydrogen-bond donors (Lipinski definition) is 2. The minimum atomic E-state index is -1.18. The molecule has 2 N–H and O–H groups in total. The molecule has 32 heavy (non-hydrogen) atoms. The maximum Gasteiger partial charge on any atom is 0.338 e. The average Bonchev–Trinajstić information content (AvgIpc) is 2.79. The number of rotatable bonds is 3. The Kier molecular flexibility index (Phi) is 4.52. The van der Waals surface area contributed by atoms with Crippen LogP contribution in [0.4, 0.5) is 0 Å². The molecule has 0 saturated heterocycles. The number of benzene rings is 4. The number of nitrogens with zero attached hydrogens (tertiary/aromatic N) is 1. The van der Waals surface area contributed by atoms with Gasteiger partial charge in [0.15, 0.2) is 0 Å². The van der Waals surface area contributed by atoms with E-state index in [2.05, 4.69) is 0 Å². The number of fused-ring (bicyclic) bond motifs is 2. The maximum atomic E-state index is 13.7. The van der Waals surface area contributed by atoms with Gasteiger partial charge < -0.3 is 10.2 Å². The van der Waals surface area contributed by atoms with Gasteiger partial charge in [0.1, 0.15) is 5.75 Å². The number of phenols is 1. The van der Waals surface area contributed by atoms with E-state index in [-0.39, 0.29) is 22.6 Å². The van der Waals surface area contributed by atoms with Crippen molar-refractivity contribution < 1.29 is 15.0 Å². The molecule has 5 heteroatoms. The summed E-state index contributed by atoms with van der Waals surface area (Å²) in [6.45, 7) is 1.94. The first-order valence-corrected chi connectivity index (χ1v) is 10.2. The molecule has 0 unspecified atom stereocenters. The molecular formula is C27H19NO4. The van der Waals surface area contributed by atoms with E-state index in [1.54, 1.807) is 42.5 Å². The molecule has 0 fully saturated rings. The van der Waals surface area contributed by atoms with Crippen molar-refractivity contribution in [2.24, 2.45) is 0 Å². The van der Waals surface area contributed by atoms with Crippen molar-refractivity contribution in [2.75, 3.05) is 0 Å². The standard InChI is InChI=1S/C27H19NO4/c1-16-10-13-18(14-11-16)28-25(23-19-7-3-2-6-17(19)12-15-22(23)29)24(27(31)32)20-8-4-5-9-21(20)26(28)30/h2-15,29H,1H3,(H,31,32). The van der Waals surface area contributed by atoms with Gasteiger partial charge in [-0.3, -0.25) is 9.36 Å². The number of carboxylic acids is 1. The molecular weight excluding hydrogens is 402 g/mol. The lowest BCUT2D eigenvalue weighted by Crippen LogP contribution is -2.24. The van der Waals surface area contributed by atoms with E-state index >= 15 is 0 Å². The van der Waals surface area contributed by atoms with Gasteiger partial charge >= 0.3 is 5.97 Å². The molecule has 0 amide bonds. The molecule has 0 bridgehead atoms.